The first-order chi connectivity index (χ1) is 20.8. The number of sulfonamides is 1. The molecule has 0 saturated carbocycles. The highest BCUT2D eigenvalue weighted by Crippen LogP contribution is 2.36. The van der Waals surface area contributed by atoms with E-state index in [9.17, 15) is 28.1 Å². The Balaban J connectivity index is 2.14. The molecule has 3 aromatic rings. The molecule has 0 saturated heterocycles. The van der Waals surface area contributed by atoms with E-state index >= 15 is 0 Å². The normalized spacial score (nSPS) is 11.9. The zero-order valence-corrected chi connectivity index (χ0v) is 26.9. The quantitative estimate of drug-likeness (QED) is 0.141. The van der Waals surface area contributed by atoms with Crippen molar-refractivity contribution >= 4 is 44.8 Å². The van der Waals surface area contributed by atoms with Crippen molar-refractivity contribution in [1.29, 1.82) is 0 Å². The van der Waals surface area contributed by atoms with E-state index in [1.807, 2.05) is 38.1 Å². The Kier molecular flexibility index (Phi) is 11.7. The number of carbonyl (C=O) groups is 2. The van der Waals surface area contributed by atoms with Crippen LogP contribution >= 0.6 is 11.6 Å². The Labute approximate surface area is 263 Å². The maximum atomic E-state index is 14.2. The number of hydrogen-bond acceptors (Lipinski definition) is 7. The number of benzene rings is 3. The van der Waals surface area contributed by atoms with Gasteiger partial charge in [-0.15, -0.1) is 0 Å². The van der Waals surface area contributed by atoms with Gasteiger partial charge in [0.2, 0.25) is 11.8 Å². The zero-order chi connectivity index (χ0) is 32.6. The first-order valence-electron chi connectivity index (χ1n) is 14.0. The van der Waals surface area contributed by atoms with Crippen LogP contribution in [0.4, 0.5) is 11.4 Å². The summed E-state index contributed by atoms with van der Waals surface area (Å²) in [5, 5.41) is 14.7. The number of nitro benzene ring substituents is 1. The van der Waals surface area contributed by atoms with Crippen LogP contribution < -0.4 is 14.4 Å². The molecule has 1 N–H and O–H groups in total. The van der Waals surface area contributed by atoms with E-state index in [4.69, 9.17) is 16.3 Å². The number of aryl methyl sites for hydroxylation is 2. The number of carbonyl (C=O) groups excluding carboxylic acids is 2. The van der Waals surface area contributed by atoms with E-state index in [1.165, 1.54) is 49.3 Å². The average Bonchev–Trinajstić information content (AvgIpc) is 2.98. The van der Waals surface area contributed by atoms with Crippen molar-refractivity contribution in [3.63, 3.8) is 0 Å². The van der Waals surface area contributed by atoms with Gasteiger partial charge in [-0.3, -0.25) is 24.0 Å². The number of methoxy groups -OCH3 is 1. The van der Waals surface area contributed by atoms with Gasteiger partial charge in [0.15, 0.2) is 0 Å². The number of nitro groups is 1. The second-order valence-electron chi connectivity index (χ2n) is 10.4. The summed E-state index contributed by atoms with van der Waals surface area (Å²) in [6.07, 6.45) is 1.62. The molecule has 1 atom stereocenters. The van der Waals surface area contributed by atoms with Crippen LogP contribution in [0.25, 0.3) is 0 Å². The minimum Gasteiger partial charge on any atom is -0.495 e. The first-order valence-corrected chi connectivity index (χ1v) is 15.9. The molecule has 0 bridgehead atoms. The van der Waals surface area contributed by atoms with Gasteiger partial charge >= 0.3 is 0 Å². The number of anilines is 1. The number of rotatable bonds is 14. The summed E-state index contributed by atoms with van der Waals surface area (Å²) in [5.74, 6) is -0.969. The van der Waals surface area contributed by atoms with Crippen molar-refractivity contribution in [1.82, 2.24) is 10.2 Å². The minimum atomic E-state index is -4.61. The molecule has 0 unspecified atom stereocenters. The standard InChI is InChI=1S/C31H37ClN4O7S/c1-6-7-15-33-31(38)23(4)34(19-24-10-8-9-21(2)16-24)30(37)20-35(28-17-25(32)12-14-29(28)43-5)44(41,42)26-13-11-22(3)27(18-26)36(39)40/h8-14,16-18,23H,6-7,15,19-20H2,1-5H3,(H,33,38)/t23-/m1/s1. The summed E-state index contributed by atoms with van der Waals surface area (Å²) in [6.45, 7) is 6.67. The molecule has 2 amide bonds. The fourth-order valence-electron chi connectivity index (χ4n) is 4.57. The topological polar surface area (TPSA) is 139 Å². The molecule has 0 aromatic heterocycles. The molecule has 0 spiro atoms. The largest absolute Gasteiger partial charge is 0.495 e. The van der Waals surface area contributed by atoms with Crippen LogP contribution in [0.5, 0.6) is 5.75 Å². The van der Waals surface area contributed by atoms with Gasteiger partial charge in [-0.25, -0.2) is 8.42 Å². The second kappa shape index (κ2) is 15.0. The lowest BCUT2D eigenvalue weighted by Gasteiger charge is -2.32. The van der Waals surface area contributed by atoms with E-state index in [0.29, 0.717) is 6.54 Å². The zero-order valence-electron chi connectivity index (χ0n) is 25.4. The summed E-state index contributed by atoms with van der Waals surface area (Å²) < 4.78 is 34.6. The lowest BCUT2D eigenvalue weighted by molar-refractivity contribution is -0.385. The Hall–Kier alpha value is -4.16. The van der Waals surface area contributed by atoms with Gasteiger partial charge in [0.1, 0.15) is 18.3 Å². The highest BCUT2D eigenvalue weighted by atomic mass is 35.5. The highest BCUT2D eigenvalue weighted by Gasteiger charge is 2.35. The molecule has 3 aromatic carbocycles. The van der Waals surface area contributed by atoms with Gasteiger partial charge in [-0.05, 0) is 57.0 Å². The monoisotopic (exact) mass is 644 g/mol. The lowest BCUT2D eigenvalue weighted by atomic mass is 10.1. The number of hydrogen-bond donors (Lipinski definition) is 1. The van der Waals surface area contributed by atoms with E-state index < -0.39 is 44.0 Å². The van der Waals surface area contributed by atoms with Crippen molar-refractivity contribution in [2.75, 3.05) is 24.5 Å². The number of nitrogens with zero attached hydrogens (tertiary/aromatic N) is 3. The third-order valence-electron chi connectivity index (χ3n) is 7.09. The average molecular weight is 645 g/mol. The minimum absolute atomic E-state index is 0.0272. The van der Waals surface area contributed by atoms with Crippen LogP contribution in [0, 0.1) is 24.0 Å². The summed E-state index contributed by atoms with van der Waals surface area (Å²) in [7, 11) is -3.27. The number of amides is 2. The van der Waals surface area contributed by atoms with Crippen molar-refractivity contribution in [3.05, 3.63) is 92.5 Å². The molecule has 0 aliphatic rings. The smallest absolute Gasteiger partial charge is 0.273 e. The van der Waals surface area contributed by atoms with Gasteiger partial charge < -0.3 is 15.0 Å². The molecule has 13 heteroatoms. The molecule has 0 fully saturated rings. The van der Waals surface area contributed by atoms with Crippen LogP contribution in [0.3, 0.4) is 0 Å². The summed E-state index contributed by atoms with van der Waals surface area (Å²) in [6, 6.07) is 14.3. The Bertz CT molecular complexity index is 1630. The van der Waals surface area contributed by atoms with Crippen molar-refractivity contribution in [2.24, 2.45) is 0 Å². The fraction of sp³-hybridized carbons (Fsp3) is 0.355. The Morgan fingerprint density at radius 3 is 2.45 bits per heavy atom. The lowest BCUT2D eigenvalue weighted by Crippen LogP contribution is -2.51. The molecule has 0 radical (unpaired) electrons. The molecular formula is C31H37ClN4O7S. The molecule has 0 aliphatic carbocycles. The van der Waals surface area contributed by atoms with Crippen LogP contribution in [0.1, 0.15) is 43.4 Å². The number of ether oxygens (including phenoxy) is 1. The maximum Gasteiger partial charge on any atom is 0.273 e. The van der Waals surface area contributed by atoms with E-state index in [2.05, 4.69) is 5.32 Å². The Morgan fingerprint density at radius 1 is 1.09 bits per heavy atom. The van der Waals surface area contributed by atoms with E-state index in [-0.39, 0.29) is 34.5 Å². The predicted molar refractivity (Wildman–Crippen MR) is 169 cm³/mol. The van der Waals surface area contributed by atoms with E-state index in [1.54, 1.807) is 6.92 Å². The number of halogens is 1. The maximum absolute atomic E-state index is 14.2. The molecule has 44 heavy (non-hydrogen) atoms. The SMILES string of the molecule is CCCCNC(=O)[C@@H](C)N(Cc1cccc(C)c1)C(=O)CN(c1cc(Cl)ccc1OC)S(=O)(=O)c1ccc(C)c([N+](=O)[O-])c1. The highest BCUT2D eigenvalue weighted by molar-refractivity contribution is 7.92. The van der Waals surface area contributed by atoms with Gasteiger partial charge in [-0.2, -0.15) is 0 Å². The molecule has 0 aliphatic heterocycles. The van der Waals surface area contributed by atoms with Crippen molar-refractivity contribution in [3.8, 4) is 5.75 Å². The Morgan fingerprint density at radius 2 is 1.82 bits per heavy atom. The third kappa shape index (κ3) is 8.26. The predicted octanol–water partition coefficient (Wildman–Crippen LogP) is 5.40. The molecule has 3 rings (SSSR count). The van der Waals surface area contributed by atoms with Crippen molar-refractivity contribution in [2.45, 2.75) is 58.0 Å². The molecular weight excluding hydrogens is 608 g/mol. The van der Waals surface area contributed by atoms with Crippen LogP contribution in [-0.4, -0.2) is 56.3 Å². The van der Waals surface area contributed by atoms with E-state index in [0.717, 1.165) is 34.3 Å². The third-order valence-corrected chi connectivity index (χ3v) is 9.08. The van der Waals surface area contributed by atoms with Gasteiger partial charge in [0.25, 0.3) is 15.7 Å². The fourth-order valence-corrected chi connectivity index (χ4v) is 6.17. The summed E-state index contributed by atoms with van der Waals surface area (Å²) in [5.41, 5.74) is 1.52. The summed E-state index contributed by atoms with van der Waals surface area (Å²) >= 11 is 6.26. The first kappa shape index (κ1) is 34.3. The second-order valence-corrected chi connectivity index (χ2v) is 12.7. The molecule has 236 valence electrons. The number of nitrogens with one attached hydrogen (secondary N) is 1. The van der Waals surface area contributed by atoms with Gasteiger partial charge in [0, 0.05) is 29.7 Å². The number of unbranched alkanes of at least 4 members (excludes halogenated alkanes) is 1. The van der Waals surface area contributed by atoms with Crippen LogP contribution in [0.2, 0.25) is 5.02 Å². The summed E-state index contributed by atoms with van der Waals surface area (Å²) in [4.78, 5) is 39.2. The van der Waals surface area contributed by atoms with Crippen molar-refractivity contribution < 1.29 is 27.7 Å². The van der Waals surface area contributed by atoms with Gasteiger partial charge in [-0.1, -0.05) is 60.8 Å². The van der Waals surface area contributed by atoms with Gasteiger partial charge in [0.05, 0.1) is 22.6 Å². The van der Waals surface area contributed by atoms with Crippen LogP contribution in [0.15, 0.2) is 65.6 Å². The molecule has 0 heterocycles. The molecule has 11 nitrogen and oxygen atoms in total. The van der Waals surface area contributed by atoms with Crippen LogP contribution in [-0.2, 0) is 26.2 Å².